The van der Waals surface area contributed by atoms with Crippen LogP contribution in [0.1, 0.15) is 5.56 Å². The molecule has 0 saturated heterocycles. The van der Waals surface area contributed by atoms with Crippen LogP contribution in [0.5, 0.6) is 0 Å². The maximum atomic E-state index is 11.8. The first-order chi connectivity index (χ1) is 10.9. The summed E-state index contributed by atoms with van der Waals surface area (Å²) >= 11 is 1.45. The molecule has 0 spiro atoms. The molecule has 0 aliphatic carbocycles. The molecule has 1 N–H and O–H groups in total. The molecule has 0 fully saturated rings. The number of tetrazole rings is 1. The Kier molecular flexibility index (Phi) is 5.72. The topological polar surface area (TPSA) is 107 Å². The van der Waals surface area contributed by atoms with Crippen LogP contribution in [0.3, 0.4) is 0 Å². The van der Waals surface area contributed by atoms with Crippen molar-refractivity contribution in [3.63, 3.8) is 0 Å². The number of thioether (sulfide) groups is 1. The number of nitrogens with one attached hydrogen (secondary N) is 1. The molecule has 0 saturated carbocycles. The molecule has 0 radical (unpaired) electrons. The Morgan fingerprint density at radius 3 is 2.57 bits per heavy atom. The number of aryl methyl sites for hydroxylation is 1. The van der Waals surface area contributed by atoms with E-state index in [-0.39, 0.29) is 17.2 Å². The van der Waals surface area contributed by atoms with Crippen LogP contribution in [-0.4, -0.2) is 53.1 Å². The Morgan fingerprint density at radius 2 is 2.00 bits per heavy atom. The highest BCUT2D eigenvalue weighted by atomic mass is 32.2. The van der Waals surface area contributed by atoms with Gasteiger partial charge in [-0.1, -0.05) is 23.9 Å². The summed E-state index contributed by atoms with van der Waals surface area (Å²) in [6, 6.07) is 6.32. The number of hydrogen-bond acceptors (Lipinski definition) is 7. The lowest BCUT2D eigenvalue weighted by atomic mass is 10.1. The van der Waals surface area contributed by atoms with Crippen molar-refractivity contribution in [2.75, 3.05) is 18.6 Å². The lowest BCUT2D eigenvalue weighted by Gasteiger charge is -2.05. The Hall–Kier alpha value is -1.94. The second kappa shape index (κ2) is 7.55. The van der Waals surface area contributed by atoms with Crippen molar-refractivity contribution in [2.24, 2.45) is 7.05 Å². The third-order valence-electron chi connectivity index (χ3n) is 2.95. The summed E-state index contributed by atoms with van der Waals surface area (Å²) in [4.78, 5) is 12.1. The van der Waals surface area contributed by atoms with E-state index in [1.165, 1.54) is 23.9 Å². The molecule has 23 heavy (non-hydrogen) atoms. The largest absolute Gasteiger partial charge is 0.355 e. The third kappa shape index (κ3) is 5.32. The molecule has 124 valence electrons. The van der Waals surface area contributed by atoms with E-state index in [1.807, 2.05) is 0 Å². The first kappa shape index (κ1) is 17.4. The smallest absolute Gasteiger partial charge is 0.224 e. The van der Waals surface area contributed by atoms with Crippen molar-refractivity contribution in [3.8, 4) is 0 Å². The Bertz CT molecular complexity index is 771. The molecule has 0 atom stereocenters. The average Bonchev–Trinajstić information content (AvgIpc) is 2.89. The van der Waals surface area contributed by atoms with Crippen molar-refractivity contribution < 1.29 is 13.2 Å². The number of hydrogen-bond donors (Lipinski definition) is 1. The number of carbonyl (C=O) groups is 1. The molecule has 1 aromatic carbocycles. The van der Waals surface area contributed by atoms with Crippen LogP contribution in [0.2, 0.25) is 0 Å². The number of carbonyl (C=O) groups excluding carboxylic acids is 1. The van der Waals surface area contributed by atoms with Crippen LogP contribution < -0.4 is 5.32 Å². The van der Waals surface area contributed by atoms with Gasteiger partial charge in [-0.3, -0.25) is 4.79 Å². The van der Waals surface area contributed by atoms with Crippen LogP contribution in [0, 0.1) is 0 Å². The van der Waals surface area contributed by atoms with Gasteiger partial charge in [-0.25, -0.2) is 13.1 Å². The Labute approximate surface area is 138 Å². The molecule has 1 amide bonds. The van der Waals surface area contributed by atoms with Crippen molar-refractivity contribution in [1.82, 2.24) is 25.5 Å². The molecule has 0 bridgehead atoms. The quantitative estimate of drug-likeness (QED) is 0.553. The van der Waals surface area contributed by atoms with Crippen LogP contribution in [0.15, 0.2) is 34.3 Å². The van der Waals surface area contributed by atoms with Crippen molar-refractivity contribution in [1.29, 1.82) is 0 Å². The summed E-state index contributed by atoms with van der Waals surface area (Å²) in [5.41, 5.74) is 0.764. The van der Waals surface area contributed by atoms with Gasteiger partial charge in [0.05, 0.1) is 11.3 Å². The van der Waals surface area contributed by atoms with Gasteiger partial charge in [-0.15, -0.1) is 5.10 Å². The molecule has 0 unspecified atom stereocenters. The first-order valence-corrected chi connectivity index (χ1v) is 9.65. The van der Waals surface area contributed by atoms with Gasteiger partial charge in [0.25, 0.3) is 0 Å². The highest BCUT2D eigenvalue weighted by Crippen LogP contribution is 2.12. The van der Waals surface area contributed by atoms with Crippen LogP contribution in [-0.2, 0) is 28.1 Å². The van der Waals surface area contributed by atoms with E-state index in [0.717, 1.165) is 11.8 Å². The van der Waals surface area contributed by atoms with E-state index in [0.29, 0.717) is 17.5 Å². The lowest BCUT2D eigenvalue weighted by molar-refractivity contribution is -0.120. The third-order valence-corrected chi connectivity index (χ3v) is 5.09. The van der Waals surface area contributed by atoms with E-state index < -0.39 is 9.84 Å². The lowest BCUT2D eigenvalue weighted by Crippen LogP contribution is -2.27. The maximum absolute atomic E-state index is 11.8. The number of rotatable bonds is 7. The first-order valence-electron chi connectivity index (χ1n) is 6.77. The summed E-state index contributed by atoms with van der Waals surface area (Å²) in [5.74, 6) is 0.543. The zero-order valence-electron chi connectivity index (χ0n) is 12.8. The van der Waals surface area contributed by atoms with Crippen molar-refractivity contribution in [2.45, 2.75) is 16.5 Å². The van der Waals surface area contributed by atoms with E-state index in [1.54, 1.807) is 23.9 Å². The highest BCUT2D eigenvalue weighted by molar-refractivity contribution is 7.99. The monoisotopic (exact) mass is 355 g/mol. The number of amides is 1. The van der Waals surface area contributed by atoms with E-state index in [9.17, 15) is 13.2 Å². The molecule has 0 aliphatic rings. The van der Waals surface area contributed by atoms with Gasteiger partial charge in [0.1, 0.15) is 0 Å². The molecular formula is C13H17N5O3S2. The van der Waals surface area contributed by atoms with Crippen molar-refractivity contribution in [3.05, 3.63) is 29.8 Å². The number of nitrogens with zero attached hydrogens (tertiary/aromatic N) is 4. The normalized spacial score (nSPS) is 11.4. The molecule has 8 nitrogen and oxygen atoms in total. The summed E-state index contributed by atoms with van der Waals surface area (Å²) in [6.07, 6.45) is 1.36. The zero-order chi connectivity index (χ0) is 16.9. The summed E-state index contributed by atoms with van der Waals surface area (Å²) in [6.45, 7) is 0.498. The Balaban J connectivity index is 1.75. The fourth-order valence-corrected chi connectivity index (χ4v) is 3.11. The predicted molar refractivity (Wildman–Crippen MR) is 85.8 cm³/mol. The van der Waals surface area contributed by atoms with Crippen LogP contribution in [0.25, 0.3) is 0 Å². The number of aromatic nitrogens is 4. The minimum absolute atomic E-state index is 0.117. The molecule has 1 aromatic heterocycles. The maximum Gasteiger partial charge on any atom is 0.224 e. The summed E-state index contributed by atoms with van der Waals surface area (Å²) in [7, 11) is -1.46. The van der Waals surface area contributed by atoms with Gasteiger partial charge in [0, 0.05) is 25.6 Å². The second-order valence-electron chi connectivity index (χ2n) is 4.88. The molecule has 2 aromatic rings. The Morgan fingerprint density at radius 1 is 1.30 bits per heavy atom. The fraction of sp³-hybridized carbons (Fsp3) is 0.385. The second-order valence-corrected chi connectivity index (χ2v) is 7.95. The van der Waals surface area contributed by atoms with E-state index in [4.69, 9.17) is 0 Å². The molecule has 10 heteroatoms. The standard InChI is InChI=1S/C13H17N5O3S2/c1-18-13(15-16-17-18)22-8-7-14-12(19)9-10-3-5-11(6-4-10)23(2,20)21/h3-6H,7-9H2,1-2H3,(H,14,19). The molecule has 1 heterocycles. The van der Waals surface area contributed by atoms with Gasteiger partial charge in [0.15, 0.2) is 9.84 Å². The van der Waals surface area contributed by atoms with Crippen LogP contribution >= 0.6 is 11.8 Å². The van der Waals surface area contributed by atoms with E-state index >= 15 is 0 Å². The SMILES string of the molecule is Cn1nnnc1SCCNC(=O)Cc1ccc(S(C)(=O)=O)cc1. The van der Waals surface area contributed by atoms with Gasteiger partial charge in [-0.05, 0) is 28.1 Å². The zero-order valence-corrected chi connectivity index (χ0v) is 14.4. The minimum Gasteiger partial charge on any atom is -0.355 e. The predicted octanol–water partition coefficient (Wildman–Crippen LogP) is 0.0646. The number of benzene rings is 1. The number of sulfone groups is 1. The van der Waals surface area contributed by atoms with E-state index in [2.05, 4.69) is 20.8 Å². The van der Waals surface area contributed by atoms with Gasteiger partial charge in [0.2, 0.25) is 11.1 Å². The van der Waals surface area contributed by atoms with Gasteiger partial charge in [-0.2, -0.15) is 0 Å². The van der Waals surface area contributed by atoms with Crippen LogP contribution in [0.4, 0.5) is 0 Å². The van der Waals surface area contributed by atoms with Gasteiger partial charge >= 0.3 is 0 Å². The molecular weight excluding hydrogens is 338 g/mol. The van der Waals surface area contributed by atoms with Crippen molar-refractivity contribution >= 4 is 27.5 Å². The van der Waals surface area contributed by atoms with Gasteiger partial charge < -0.3 is 5.32 Å². The summed E-state index contributed by atoms with van der Waals surface area (Å²) in [5, 5.41) is 14.6. The molecule has 0 aliphatic heterocycles. The summed E-state index contributed by atoms with van der Waals surface area (Å²) < 4.78 is 24.3. The highest BCUT2D eigenvalue weighted by Gasteiger charge is 2.08. The fourth-order valence-electron chi connectivity index (χ4n) is 1.78. The molecule has 2 rings (SSSR count). The minimum atomic E-state index is -3.21. The average molecular weight is 355 g/mol.